The third kappa shape index (κ3) is 3.76. The molecular formula is C15H18FN3O. The Labute approximate surface area is 117 Å². The van der Waals surface area contributed by atoms with E-state index in [0.29, 0.717) is 12.8 Å². The summed E-state index contributed by atoms with van der Waals surface area (Å²) >= 11 is 0. The lowest BCUT2D eigenvalue weighted by atomic mass is 10.0. The minimum absolute atomic E-state index is 0.00213. The Balaban J connectivity index is 2.04. The predicted molar refractivity (Wildman–Crippen MR) is 75.7 cm³/mol. The standard InChI is InChI=1S/C15H18FN3O/c1-20-15-6-5-11(9-14(15)16)8-13(19-17)10-12-4-2-3-7-18-12/h2-7,9,13,19H,8,10,17H2,1H3. The SMILES string of the molecule is COc1ccc(CC(Cc2ccccn2)NN)cc1F. The van der Waals surface area contributed by atoms with E-state index in [1.54, 1.807) is 12.3 Å². The van der Waals surface area contributed by atoms with E-state index in [2.05, 4.69) is 10.4 Å². The highest BCUT2D eigenvalue weighted by Crippen LogP contribution is 2.19. The zero-order chi connectivity index (χ0) is 14.4. The van der Waals surface area contributed by atoms with Crippen molar-refractivity contribution >= 4 is 0 Å². The zero-order valence-corrected chi connectivity index (χ0v) is 11.3. The molecule has 1 unspecified atom stereocenters. The lowest BCUT2D eigenvalue weighted by Crippen LogP contribution is -2.38. The monoisotopic (exact) mass is 275 g/mol. The number of pyridine rings is 1. The van der Waals surface area contributed by atoms with E-state index in [9.17, 15) is 4.39 Å². The van der Waals surface area contributed by atoms with Crippen LogP contribution in [0.2, 0.25) is 0 Å². The van der Waals surface area contributed by atoms with Crippen molar-refractivity contribution in [2.24, 2.45) is 5.84 Å². The molecule has 0 aliphatic rings. The predicted octanol–water partition coefficient (Wildman–Crippen LogP) is 1.85. The Morgan fingerprint density at radius 1 is 1.30 bits per heavy atom. The lowest BCUT2D eigenvalue weighted by molar-refractivity contribution is 0.386. The Morgan fingerprint density at radius 3 is 2.75 bits per heavy atom. The van der Waals surface area contributed by atoms with Crippen LogP contribution >= 0.6 is 0 Å². The quantitative estimate of drug-likeness (QED) is 0.624. The molecule has 1 aromatic carbocycles. The van der Waals surface area contributed by atoms with Crippen LogP contribution in [0.3, 0.4) is 0 Å². The molecule has 1 atom stereocenters. The molecule has 0 spiro atoms. The number of nitrogens with zero attached hydrogens (tertiary/aromatic N) is 1. The maximum absolute atomic E-state index is 13.6. The summed E-state index contributed by atoms with van der Waals surface area (Å²) in [6.45, 7) is 0. The van der Waals surface area contributed by atoms with Gasteiger partial charge in [0, 0.05) is 24.4 Å². The number of rotatable bonds is 6. The number of hydrogen-bond acceptors (Lipinski definition) is 4. The number of ether oxygens (including phenoxy) is 1. The highest BCUT2D eigenvalue weighted by Gasteiger charge is 2.11. The molecule has 5 heteroatoms. The Bertz CT molecular complexity index is 548. The number of nitrogens with one attached hydrogen (secondary N) is 1. The molecule has 0 fully saturated rings. The third-order valence-electron chi connectivity index (χ3n) is 3.12. The van der Waals surface area contributed by atoms with Crippen LogP contribution in [0.4, 0.5) is 4.39 Å². The smallest absolute Gasteiger partial charge is 0.165 e. The van der Waals surface area contributed by atoms with Gasteiger partial charge >= 0.3 is 0 Å². The highest BCUT2D eigenvalue weighted by atomic mass is 19.1. The van der Waals surface area contributed by atoms with Gasteiger partial charge in [0.1, 0.15) is 0 Å². The minimum atomic E-state index is -0.362. The molecule has 0 bridgehead atoms. The van der Waals surface area contributed by atoms with Crippen LogP contribution in [0, 0.1) is 5.82 Å². The summed E-state index contributed by atoms with van der Waals surface area (Å²) in [5.41, 5.74) is 4.57. The van der Waals surface area contributed by atoms with Crippen molar-refractivity contribution in [3.05, 3.63) is 59.7 Å². The zero-order valence-electron chi connectivity index (χ0n) is 11.3. The van der Waals surface area contributed by atoms with Gasteiger partial charge in [-0.05, 0) is 36.2 Å². The largest absolute Gasteiger partial charge is 0.494 e. The number of methoxy groups -OCH3 is 1. The summed E-state index contributed by atoms with van der Waals surface area (Å²) in [6, 6.07) is 10.7. The Kier molecular flexibility index (Phi) is 5.03. The molecule has 0 amide bonds. The van der Waals surface area contributed by atoms with E-state index in [1.165, 1.54) is 13.2 Å². The van der Waals surface area contributed by atoms with Gasteiger partial charge in [0.05, 0.1) is 7.11 Å². The van der Waals surface area contributed by atoms with E-state index in [0.717, 1.165) is 11.3 Å². The molecule has 1 aromatic heterocycles. The van der Waals surface area contributed by atoms with Crippen molar-refractivity contribution in [2.75, 3.05) is 7.11 Å². The Hall–Kier alpha value is -1.98. The number of hydrogen-bond donors (Lipinski definition) is 2. The lowest BCUT2D eigenvalue weighted by Gasteiger charge is -2.16. The van der Waals surface area contributed by atoms with Gasteiger partial charge in [0.2, 0.25) is 0 Å². The summed E-state index contributed by atoms with van der Waals surface area (Å²) in [5.74, 6) is 5.45. The molecular weight excluding hydrogens is 257 g/mol. The molecule has 106 valence electrons. The third-order valence-corrected chi connectivity index (χ3v) is 3.12. The van der Waals surface area contributed by atoms with Crippen LogP contribution in [-0.4, -0.2) is 18.1 Å². The molecule has 2 aromatic rings. The number of benzene rings is 1. The summed E-state index contributed by atoms with van der Waals surface area (Å²) in [5, 5.41) is 0. The number of aromatic nitrogens is 1. The van der Waals surface area contributed by atoms with E-state index in [-0.39, 0.29) is 17.6 Å². The molecule has 0 aliphatic heterocycles. The molecule has 0 saturated heterocycles. The fourth-order valence-corrected chi connectivity index (χ4v) is 2.08. The Morgan fingerprint density at radius 2 is 2.15 bits per heavy atom. The van der Waals surface area contributed by atoms with Gasteiger partial charge in [-0.2, -0.15) is 0 Å². The van der Waals surface area contributed by atoms with Gasteiger partial charge in [-0.25, -0.2) is 4.39 Å². The van der Waals surface area contributed by atoms with E-state index in [1.807, 2.05) is 24.3 Å². The average molecular weight is 275 g/mol. The van der Waals surface area contributed by atoms with Crippen molar-refractivity contribution in [2.45, 2.75) is 18.9 Å². The second-order valence-electron chi connectivity index (χ2n) is 4.56. The summed E-state index contributed by atoms with van der Waals surface area (Å²) < 4.78 is 18.5. The first kappa shape index (κ1) is 14.4. The number of halogens is 1. The minimum Gasteiger partial charge on any atom is -0.494 e. The molecule has 2 rings (SSSR count). The average Bonchev–Trinajstić information content (AvgIpc) is 2.48. The molecule has 0 radical (unpaired) electrons. The fourth-order valence-electron chi connectivity index (χ4n) is 2.08. The van der Waals surface area contributed by atoms with E-state index < -0.39 is 0 Å². The van der Waals surface area contributed by atoms with Gasteiger partial charge in [0.25, 0.3) is 0 Å². The van der Waals surface area contributed by atoms with Gasteiger partial charge in [-0.3, -0.25) is 16.3 Å². The number of hydrazine groups is 1. The first-order chi connectivity index (χ1) is 9.72. The van der Waals surface area contributed by atoms with Crippen LogP contribution in [0.1, 0.15) is 11.3 Å². The van der Waals surface area contributed by atoms with Crippen LogP contribution in [0.5, 0.6) is 5.75 Å². The summed E-state index contributed by atoms with van der Waals surface area (Å²) in [4.78, 5) is 4.26. The summed E-state index contributed by atoms with van der Waals surface area (Å²) in [7, 11) is 1.45. The number of nitrogens with two attached hydrogens (primary N) is 1. The van der Waals surface area contributed by atoms with E-state index in [4.69, 9.17) is 10.6 Å². The molecule has 4 nitrogen and oxygen atoms in total. The maximum Gasteiger partial charge on any atom is 0.165 e. The highest BCUT2D eigenvalue weighted by molar-refractivity contribution is 5.29. The van der Waals surface area contributed by atoms with Gasteiger partial charge < -0.3 is 4.74 Å². The van der Waals surface area contributed by atoms with Gasteiger partial charge in [-0.15, -0.1) is 0 Å². The molecule has 1 heterocycles. The van der Waals surface area contributed by atoms with Crippen LogP contribution < -0.4 is 16.0 Å². The second kappa shape index (κ2) is 6.98. The molecule has 0 saturated carbocycles. The van der Waals surface area contributed by atoms with Crippen molar-refractivity contribution in [3.8, 4) is 5.75 Å². The van der Waals surface area contributed by atoms with Crippen LogP contribution in [-0.2, 0) is 12.8 Å². The second-order valence-corrected chi connectivity index (χ2v) is 4.56. The first-order valence-corrected chi connectivity index (χ1v) is 6.41. The van der Waals surface area contributed by atoms with Crippen molar-refractivity contribution in [1.82, 2.24) is 10.4 Å². The van der Waals surface area contributed by atoms with Crippen molar-refractivity contribution in [1.29, 1.82) is 0 Å². The molecule has 3 N–H and O–H groups in total. The van der Waals surface area contributed by atoms with Crippen molar-refractivity contribution < 1.29 is 9.13 Å². The van der Waals surface area contributed by atoms with Crippen LogP contribution in [0.15, 0.2) is 42.6 Å². The molecule has 0 aliphatic carbocycles. The summed E-state index contributed by atoms with van der Waals surface area (Å²) in [6.07, 6.45) is 3.05. The first-order valence-electron chi connectivity index (χ1n) is 6.41. The maximum atomic E-state index is 13.6. The van der Waals surface area contributed by atoms with Crippen LogP contribution in [0.25, 0.3) is 0 Å². The van der Waals surface area contributed by atoms with Crippen molar-refractivity contribution in [3.63, 3.8) is 0 Å². The normalized spacial score (nSPS) is 12.2. The van der Waals surface area contributed by atoms with E-state index >= 15 is 0 Å². The fraction of sp³-hybridized carbons (Fsp3) is 0.267. The molecule has 20 heavy (non-hydrogen) atoms. The van der Waals surface area contributed by atoms with Gasteiger partial charge in [-0.1, -0.05) is 12.1 Å². The van der Waals surface area contributed by atoms with Gasteiger partial charge in [0.15, 0.2) is 11.6 Å². The topological polar surface area (TPSA) is 60.2 Å².